The Kier molecular flexibility index (Phi) is 7.06. The van der Waals surface area contributed by atoms with Gasteiger partial charge in [0.1, 0.15) is 5.75 Å². The lowest BCUT2D eigenvalue weighted by Crippen LogP contribution is -2.44. The number of piperidine rings is 1. The van der Waals surface area contributed by atoms with E-state index in [4.69, 9.17) is 4.74 Å². The average Bonchev–Trinajstić information content (AvgIpc) is 2.59. The van der Waals surface area contributed by atoms with Crippen molar-refractivity contribution in [3.8, 4) is 5.75 Å². The van der Waals surface area contributed by atoms with Crippen LogP contribution in [0.15, 0.2) is 18.2 Å². The summed E-state index contributed by atoms with van der Waals surface area (Å²) in [5.41, 5.74) is 1.30. The summed E-state index contributed by atoms with van der Waals surface area (Å²) in [7, 11) is 1.46. The molecule has 0 aromatic heterocycles. The minimum Gasteiger partial charge on any atom is -0.495 e. The predicted molar refractivity (Wildman–Crippen MR) is 94.6 cm³/mol. The summed E-state index contributed by atoms with van der Waals surface area (Å²) in [6.07, 6.45) is -3.11. The van der Waals surface area contributed by atoms with Gasteiger partial charge in [-0.3, -0.25) is 14.5 Å². The Bertz CT molecular complexity index is 672. The minimum atomic E-state index is -4.20. The number of nitrogens with one attached hydrogen (secondary N) is 2. The van der Waals surface area contributed by atoms with Crippen LogP contribution in [-0.2, 0) is 9.59 Å². The molecule has 27 heavy (non-hydrogen) atoms. The SMILES string of the molecule is COc1ccc(C)cc1NC(=O)C(=O)NCC1CCN(CC(F)(F)F)CC1. The molecule has 0 aliphatic carbocycles. The Balaban J connectivity index is 1.78. The lowest BCUT2D eigenvalue weighted by molar-refractivity contribution is -0.148. The van der Waals surface area contributed by atoms with Crippen LogP contribution < -0.4 is 15.4 Å². The summed E-state index contributed by atoms with van der Waals surface area (Å²) in [6, 6.07) is 5.21. The fraction of sp³-hybridized carbons (Fsp3) is 0.556. The normalized spacial score (nSPS) is 16.0. The minimum absolute atomic E-state index is 0.0553. The predicted octanol–water partition coefficient (Wildman–Crippen LogP) is 2.33. The Morgan fingerprint density at radius 3 is 2.48 bits per heavy atom. The van der Waals surface area contributed by atoms with Gasteiger partial charge >= 0.3 is 18.0 Å². The molecule has 2 N–H and O–H groups in total. The molecule has 1 aromatic carbocycles. The highest BCUT2D eigenvalue weighted by molar-refractivity contribution is 6.39. The molecule has 2 rings (SSSR count). The van der Waals surface area contributed by atoms with Crippen molar-refractivity contribution in [2.75, 3.05) is 38.6 Å². The average molecular weight is 387 g/mol. The summed E-state index contributed by atoms with van der Waals surface area (Å²) >= 11 is 0. The smallest absolute Gasteiger partial charge is 0.401 e. The standard InChI is InChI=1S/C18H24F3N3O3/c1-12-3-4-15(27-2)14(9-12)23-17(26)16(25)22-10-13-5-7-24(8-6-13)11-18(19,20)21/h3-4,9,13H,5-8,10-11H2,1-2H3,(H,22,25)(H,23,26). The first-order valence-electron chi connectivity index (χ1n) is 8.71. The zero-order valence-electron chi connectivity index (χ0n) is 15.4. The summed E-state index contributed by atoms with van der Waals surface area (Å²) in [6.45, 7) is 1.85. The molecule has 2 amide bonds. The number of aryl methyl sites for hydroxylation is 1. The first kappa shape index (κ1) is 21.0. The number of methoxy groups -OCH3 is 1. The Morgan fingerprint density at radius 2 is 1.89 bits per heavy atom. The number of amides is 2. The fourth-order valence-electron chi connectivity index (χ4n) is 3.02. The van der Waals surface area contributed by atoms with Gasteiger partial charge in [-0.1, -0.05) is 6.07 Å². The third kappa shape index (κ3) is 6.74. The Morgan fingerprint density at radius 1 is 1.22 bits per heavy atom. The van der Waals surface area contributed by atoms with E-state index in [-0.39, 0.29) is 12.5 Å². The van der Waals surface area contributed by atoms with E-state index in [0.29, 0.717) is 37.4 Å². The van der Waals surface area contributed by atoms with Gasteiger partial charge < -0.3 is 15.4 Å². The molecule has 0 radical (unpaired) electrons. The second kappa shape index (κ2) is 9.07. The third-order valence-electron chi connectivity index (χ3n) is 4.47. The number of rotatable bonds is 5. The fourth-order valence-corrected chi connectivity index (χ4v) is 3.02. The number of carbonyl (C=O) groups excluding carboxylic acids is 2. The molecule has 1 aromatic rings. The number of nitrogens with zero attached hydrogens (tertiary/aromatic N) is 1. The van der Waals surface area contributed by atoms with Crippen molar-refractivity contribution < 1.29 is 27.5 Å². The van der Waals surface area contributed by atoms with E-state index in [9.17, 15) is 22.8 Å². The maximum Gasteiger partial charge on any atom is 0.401 e. The number of hydrogen-bond acceptors (Lipinski definition) is 4. The van der Waals surface area contributed by atoms with E-state index in [2.05, 4.69) is 10.6 Å². The molecule has 1 aliphatic rings. The third-order valence-corrected chi connectivity index (χ3v) is 4.47. The number of halogens is 3. The molecule has 1 saturated heterocycles. The van der Waals surface area contributed by atoms with E-state index in [1.807, 2.05) is 13.0 Å². The van der Waals surface area contributed by atoms with Crippen molar-refractivity contribution in [3.63, 3.8) is 0 Å². The Hall–Kier alpha value is -2.29. The van der Waals surface area contributed by atoms with Crippen LogP contribution in [0, 0.1) is 12.8 Å². The maximum absolute atomic E-state index is 12.4. The van der Waals surface area contributed by atoms with Crippen LogP contribution in [0.4, 0.5) is 18.9 Å². The van der Waals surface area contributed by atoms with Crippen LogP contribution in [0.25, 0.3) is 0 Å². The van der Waals surface area contributed by atoms with Gasteiger partial charge in [-0.05, 0) is 56.5 Å². The van der Waals surface area contributed by atoms with Crippen molar-refractivity contribution >= 4 is 17.5 Å². The molecular formula is C18H24F3N3O3. The van der Waals surface area contributed by atoms with Gasteiger partial charge in [0, 0.05) is 6.54 Å². The number of ether oxygens (including phenoxy) is 1. The zero-order valence-corrected chi connectivity index (χ0v) is 15.4. The quantitative estimate of drug-likeness (QED) is 0.761. The zero-order chi connectivity index (χ0) is 20.0. The Labute approximate surface area is 156 Å². The monoisotopic (exact) mass is 387 g/mol. The molecule has 0 bridgehead atoms. The van der Waals surface area contributed by atoms with Crippen molar-refractivity contribution in [1.82, 2.24) is 10.2 Å². The number of carbonyl (C=O) groups is 2. The summed E-state index contributed by atoms with van der Waals surface area (Å²) in [4.78, 5) is 25.4. The van der Waals surface area contributed by atoms with Crippen LogP contribution in [0.1, 0.15) is 18.4 Å². The van der Waals surface area contributed by atoms with Crippen LogP contribution in [0.2, 0.25) is 0 Å². The molecular weight excluding hydrogens is 363 g/mol. The highest BCUT2D eigenvalue weighted by atomic mass is 19.4. The van der Waals surface area contributed by atoms with E-state index < -0.39 is 24.5 Å². The van der Waals surface area contributed by atoms with Crippen molar-refractivity contribution in [1.29, 1.82) is 0 Å². The number of hydrogen-bond donors (Lipinski definition) is 2. The lowest BCUT2D eigenvalue weighted by Gasteiger charge is -2.32. The molecule has 0 spiro atoms. The van der Waals surface area contributed by atoms with Crippen molar-refractivity contribution in [2.24, 2.45) is 5.92 Å². The molecule has 0 atom stereocenters. The van der Waals surface area contributed by atoms with Gasteiger partial charge in [-0.2, -0.15) is 13.2 Å². The molecule has 1 heterocycles. The second-order valence-corrected chi connectivity index (χ2v) is 6.70. The molecule has 1 aliphatic heterocycles. The summed E-state index contributed by atoms with van der Waals surface area (Å²) in [5.74, 6) is -1.09. The molecule has 1 fully saturated rings. The number of anilines is 1. The molecule has 150 valence electrons. The molecule has 0 saturated carbocycles. The van der Waals surface area contributed by atoms with Gasteiger partial charge in [0.05, 0.1) is 19.3 Å². The van der Waals surface area contributed by atoms with Crippen LogP contribution in [0.5, 0.6) is 5.75 Å². The van der Waals surface area contributed by atoms with E-state index in [0.717, 1.165) is 5.56 Å². The topological polar surface area (TPSA) is 70.7 Å². The van der Waals surface area contributed by atoms with Crippen LogP contribution >= 0.6 is 0 Å². The molecule has 0 unspecified atom stereocenters. The first-order chi connectivity index (χ1) is 12.7. The van der Waals surface area contributed by atoms with Crippen molar-refractivity contribution in [3.05, 3.63) is 23.8 Å². The van der Waals surface area contributed by atoms with E-state index in [1.165, 1.54) is 12.0 Å². The molecule has 9 heteroatoms. The van der Waals surface area contributed by atoms with Gasteiger partial charge in [-0.25, -0.2) is 0 Å². The lowest BCUT2D eigenvalue weighted by atomic mass is 9.97. The number of alkyl halides is 3. The maximum atomic E-state index is 12.4. The van der Waals surface area contributed by atoms with Crippen LogP contribution in [0.3, 0.4) is 0 Å². The highest BCUT2D eigenvalue weighted by Gasteiger charge is 2.32. The highest BCUT2D eigenvalue weighted by Crippen LogP contribution is 2.25. The number of likely N-dealkylation sites (tertiary alicyclic amines) is 1. The van der Waals surface area contributed by atoms with Gasteiger partial charge in [0.2, 0.25) is 0 Å². The number of benzene rings is 1. The van der Waals surface area contributed by atoms with Gasteiger partial charge in [0.15, 0.2) is 0 Å². The summed E-state index contributed by atoms with van der Waals surface area (Å²) in [5, 5.41) is 5.07. The second-order valence-electron chi connectivity index (χ2n) is 6.70. The van der Waals surface area contributed by atoms with E-state index >= 15 is 0 Å². The van der Waals surface area contributed by atoms with Crippen LogP contribution in [-0.4, -0.2) is 56.2 Å². The molecule has 6 nitrogen and oxygen atoms in total. The van der Waals surface area contributed by atoms with Gasteiger partial charge in [0.25, 0.3) is 0 Å². The van der Waals surface area contributed by atoms with E-state index in [1.54, 1.807) is 12.1 Å². The first-order valence-corrected chi connectivity index (χ1v) is 8.71. The largest absolute Gasteiger partial charge is 0.495 e. The summed E-state index contributed by atoms with van der Waals surface area (Å²) < 4.78 is 42.3. The van der Waals surface area contributed by atoms with Gasteiger partial charge in [-0.15, -0.1) is 0 Å². The van der Waals surface area contributed by atoms with Crippen molar-refractivity contribution in [2.45, 2.75) is 25.9 Å².